The smallest absolute Gasteiger partial charge is 0.258 e. The molecule has 22 heavy (non-hydrogen) atoms. The molecule has 0 saturated heterocycles. The number of thioether (sulfide) groups is 1. The maximum Gasteiger partial charge on any atom is 0.258 e. The van der Waals surface area contributed by atoms with Crippen LogP contribution in [-0.4, -0.2) is 26.1 Å². The highest BCUT2D eigenvalue weighted by Gasteiger charge is 2.28. The van der Waals surface area contributed by atoms with Gasteiger partial charge in [0.1, 0.15) is 4.90 Å². The monoisotopic (exact) mass is 337 g/mol. The second-order valence-electron chi connectivity index (χ2n) is 4.59. The molecular formula is C13H11N3O4S2. The Kier molecular flexibility index (Phi) is 3.55. The molecule has 0 bridgehead atoms. The molecule has 9 heteroatoms. The molecule has 2 aliphatic rings. The van der Waals surface area contributed by atoms with Gasteiger partial charge in [0.15, 0.2) is 0 Å². The summed E-state index contributed by atoms with van der Waals surface area (Å²) in [5.41, 5.74) is 0.626. The zero-order chi connectivity index (χ0) is 15.9. The molecule has 0 radical (unpaired) electrons. The summed E-state index contributed by atoms with van der Waals surface area (Å²) >= 11 is 1.49. The van der Waals surface area contributed by atoms with Crippen molar-refractivity contribution in [3.8, 4) is 0 Å². The van der Waals surface area contributed by atoms with Gasteiger partial charge in [-0.05, 0) is 23.6 Å². The molecule has 1 aromatic carbocycles. The Hall–Kier alpha value is -2.10. The van der Waals surface area contributed by atoms with Crippen LogP contribution in [0.2, 0.25) is 0 Å². The first-order valence-corrected chi connectivity index (χ1v) is 8.75. The van der Waals surface area contributed by atoms with Crippen LogP contribution in [0.5, 0.6) is 0 Å². The summed E-state index contributed by atoms with van der Waals surface area (Å²) < 4.78 is 23.5. The molecule has 0 fully saturated rings. The zero-order valence-corrected chi connectivity index (χ0v) is 12.8. The predicted molar refractivity (Wildman–Crippen MR) is 83.5 cm³/mol. The van der Waals surface area contributed by atoms with Gasteiger partial charge in [0, 0.05) is 18.4 Å². The fourth-order valence-electron chi connectivity index (χ4n) is 2.20. The molecule has 2 amide bonds. The maximum atomic E-state index is 11.7. The van der Waals surface area contributed by atoms with Crippen LogP contribution >= 0.6 is 11.8 Å². The van der Waals surface area contributed by atoms with Crippen LogP contribution in [0.3, 0.4) is 0 Å². The number of amides is 2. The maximum absolute atomic E-state index is 11.7. The fraction of sp³-hybridized carbons (Fsp3) is 0.0769. The number of nitrogens with two attached hydrogens (primary N) is 1. The van der Waals surface area contributed by atoms with Crippen molar-refractivity contribution < 1.29 is 18.0 Å². The topological polar surface area (TPSA) is 101 Å². The summed E-state index contributed by atoms with van der Waals surface area (Å²) in [6.07, 6.45) is 4.05. The zero-order valence-electron chi connectivity index (χ0n) is 11.2. The SMILES string of the molecule is NS(=O)(=O)c1ccc(N2C(=O)C=CC2=O)cc1N1C=CSC1. The number of carbonyl (C=O) groups excluding carboxylic acids is 2. The number of rotatable bonds is 3. The molecule has 2 aliphatic heterocycles. The van der Waals surface area contributed by atoms with Crippen LogP contribution in [0, 0.1) is 0 Å². The first kappa shape index (κ1) is 14.8. The second kappa shape index (κ2) is 5.27. The molecule has 3 rings (SSSR count). The van der Waals surface area contributed by atoms with Gasteiger partial charge in [-0.3, -0.25) is 9.59 Å². The lowest BCUT2D eigenvalue weighted by atomic mass is 10.2. The third kappa shape index (κ3) is 2.54. The quantitative estimate of drug-likeness (QED) is 0.817. The second-order valence-corrected chi connectivity index (χ2v) is 6.99. The van der Waals surface area contributed by atoms with Gasteiger partial charge in [-0.2, -0.15) is 0 Å². The number of hydrogen-bond donors (Lipinski definition) is 1. The van der Waals surface area contributed by atoms with Crippen LogP contribution in [-0.2, 0) is 19.6 Å². The van der Waals surface area contributed by atoms with Crippen molar-refractivity contribution in [2.24, 2.45) is 5.14 Å². The minimum absolute atomic E-state index is 0.0598. The van der Waals surface area contributed by atoms with E-state index in [4.69, 9.17) is 5.14 Å². The Morgan fingerprint density at radius 3 is 2.36 bits per heavy atom. The number of primary sulfonamides is 1. The molecule has 0 aliphatic carbocycles. The van der Waals surface area contributed by atoms with E-state index in [-0.39, 0.29) is 4.90 Å². The van der Waals surface area contributed by atoms with Gasteiger partial charge in [-0.1, -0.05) is 0 Å². The lowest BCUT2D eigenvalue weighted by Crippen LogP contribution is -2.30. The number of imide groups is 1. The van der Waals surface area contributed by atoms with Gasteiger partial charge in [0.05, 0.1) is 17.3 Å². The van der Waals surface area contributed by atoms with Gasteiger partial charge in [-0.25, -0.2) is 18.5 Å². The first-order valence-electron chi connectivity index (χ1n) is 6.16. The molecule has 0 saturated carbocycles. The third-order valence-electron chi connectivity index (χ3n) is 3.18. The van der Waals surface area contributed by atoms with E-state index >= 15 is 0 Å². The summed E-state index contributed by atoms with van der Waals surface area (Å²) in [6, 6.07) is 4.16. The Labute approximate surface area is 131 Å². The molecule has 0 aromatic heterocycles. The molecule has 7 nitrogen and oxygen atoms in total. The van der Waals surface area contributed by atoms with E-state index in [1.807, 2.05) is 5.41 Å². The lowest BCUT2D eigenvalue weighted by Gasteiger charge is -2.21. The average Bonchev–Trinajstić information content (AvgIpc) is 3.08. The molecule has 114 valence electrons. The van der Waals surface area contributed by atoms with Crippen LogP contribution in [0.15, 0.2) is 46.9 Å². The van der Waals surface area contributed by atoms with Gasteiger partial charge < -0.3 is 4.90 Å². The predicted octanol–water partition coefficient (Wildman–Crippen LogP) is 0.745. The fourth-order valence-corrected chi connectivity index (χ4v) is 3.63. The standard InChI is InChI=1S/C13H11N3O4S2/c14-22(19,20)11-2-1-9(16-12(17)3-4-13(16)18)7-10(11)15-5-6-21-8-15/h1-7H,8H2,(H2,14,19,20). The summed E-state index contributed by atoms with van der Waals surface area (Å²) in [6.45, 7) is 0. The van der Waals surface area contributed by atoms with Crippen molar-refractivity contribution in [3.05, 3.63) is 42.0 Å². The van der Waals surface area contributed by atoms with Crippen LogP contribution in [0.1, 0.15) is 0 Å². The summed E-state index contributed by atoms with van der Waals surface area (Å²) in [7, 11) is -3.93. The Morgan fingerprint density at radius 1 is 1.14 bits per heavy atom. The van der Waals surface area contributed by atoms with Crippen molar-refractivity contribution in [2.45, 2.75) is 4.90 Å². The number of hydrogen-bond acceptors (Lipinski definition) is 6. The highest BCUT2D eigenvalue weighted by Crippen LogP contribution is 2.34. The first-order chi connectivity index (χ1) is 10.4. The number of benzene rings is 1. The van der Waals surface area contributed by atoms with E-state index < -0.39 is 21.8 Å². The van der Waals surface area contributed by atoms with E-state index in [0.29, 0.717) is 17.3 Å². The Bertz CT molecular complexity index is 812. The largest absolute Gasteiger partial charge is 0.336 e. The normalized spacial score (nSPS) is 17.9. The van der Waals surface area contributed by atoms with Gasteiger partial charge >= 0.3 is 0 Å². The number of carbonyl (C=O) groups is 2. The Morgan fingerprint density at radius 2 is 1.82 bits per heavy atom. The summed E-state index contributed by atoms with van der Waals surface area (Å²) in [5.74, 6) is -0.414. The van der Waals surface area contributed by atoms with Gasteiger partial charge in [-0.15, -0.1) is 11.8 Å². The Balaban J connectivity index is 2.12. The molecule has 0 atom stereocenters. The number of anilines is 2. The van der Waals surface area contributed by atoms with Crippen molar-refractivity contribution >= 4 is 45.0 Å². The van der Waals surface area contributed by atoms with E-state index in [1.165, 1.54) is 42.1 Å². The van der Waals surface area contributed by atoms with E-state index in [2.05, 4.69) is 0 Å². The van der Waals surface area contributed by atoms with Crippen LogP contribution < -0.4 is 14.9 Å². The van der Waals surface area contributed by atoms with Crippen molar-refractivity contribution in [1.29, 1.82) is 0 Å². The average molecular weight is 337 g/mol. The third-order valence-corrected chi connectivity index (χ3v) is 4.88. The highest BCUT2D eigenvalue weighted by molar-refractivity contribution is 8.02. The minimum atomic E-state index is -3.93. The van der Waals surface area contributed by atoms with Crippen molar-refractivity contribution in [2.75, 3.05) is 15.7 Å². The molecular weight excluding hydrogens is 326 g/mol. The van der Waals surface area contributed by atoms with Crippen molar-refractivity contribution in [3.63, 3.8) is 0 Å². The number of nitrogens with zero attached hydrogens (tertiary/aromatic N) is 2. The molecule has 1 aromatic rings. The lowest BCUT2D eigenvalue weighted by molar-refractivity contribution is -0.119. The molecule has 2 heterocycles. The van der Waals surface area contributed by atoms with Crippen LogP contribution in [0.4, 0.5) is 11.4 Å². The number of sulfonamides is 1. The van der Waals surface area contributed by atoms with E-state index in [0.717, 1.165) is 4.90 Å². The van der Waals surface area contributed by atoms with Crippen molar-refractivity contribution in [1.82, 2.24) is 0 Å². The van der Waals surface area contributed by atoms with Crippen LogP contribution in [0.25, 0.3) is 0 Å². The summed E-state index contributed by atoms with van der Waals surface area (Å²) in [4.78, 5) is 26.1. The highest BCUT2D eigenvalue weighted by atomic mass is 32.2. The van der Waals surface area contributed by atoms with Gasteiger partial charge in [0.2, 0.25) is 10.0 Å². The minimum Gasteiger partial charge on any atom is -0.336 e. The molecule has 2 N–H and O–H groups in total. The van der Waals surface area contributed by atoms with E-state index in [1.54, 1.807) is 11.1 Å². The summed E-state index contributed by atoms with van der Waals surface area (Å²) in [5, 5.41) is 7.05. The molecule has 0 unspecified atom stereocenters. The molecule has 0 spiro atoms. The van der Waals surface area contributed by atoms with Gasteiger partial charge in [0.25, 0.3) is 11.8 Å². The van der Waals surface area contributed by atoms with E-state index in [9.17, 15) is 18.0 Å².